The highest BCUT2D eigenvalue weighted by atomic mass is 16.6. The Morgan fingerprint density at radius 2 is 2.11 bits per heavy atom. The third-order valence-electron chi connectivity index (χ3n) is 2.47. The first-order valence-electron chi connectivity index (χ1n) is 5.36. The Morgan fingerprint density at radius 1 is 1.47 bits per heavy atom. The number of likely N-dealkylation sites (N-methyl/N-ethyl adjacent to an activating group) is 1. The summed E-state index contributed by atoms with van der Waals surface area (Å²) in [5.74, 6) is -1.04. The number of non-ortho nitro benzene ring substituents is 1. The maximum absolute atomic E-state index is 11.7. The van der Waals surface area contributed by atoms with Crippen LogP contribution in [-0.4, -0.2) is 37.4 Å². The molecule has 1 rings (SSSR count). The zero-order chi connectivity index (χ0) is 14.6. The van der Waals surface area contributed by atoms with E-state index >= 15 is 0 Å². The van der Waals surface area contributed by atoms with Gasteiger partial charge in [0.2, 0.25) is 5.91 Å². The molecule has 0 unspecified atom stereocenters. The number of carbonyl (C=O) groups is 2. The molecule has 0 saturated heterocycles. The Balaban J connectivity index is 3.26. The highest BCUT2D eigenvalue weighted by Gasteiger charge is 2.18. The van der Waals surface area contributed by atoms with Crippen LogP contribution in [-0.2, 0) is 4.79 Å². The number of nitro benzene ring substituents is 1. The van der Waals surface area contributed by atoms with Gasteiger partial charge in [0, 0.05) is 26.2 Å². The van der Waals surface area contributed by atoms with E-state index in [4.69, 9.17) is 5.73 Å². The number of carbonyl (C=O) groups excluding carboxylic acids is 2. The zero-order valence-electron chi connectivity index (χ0n) is 10.5. The molecule has 0 atom stereocenters. The van der Waals surface area contributed by atoms with Crippen LogP contribution in [0.15, 0.2) is 18.2 Å². The lowest BCUT2D eigenvalue weighted by Gasteiger charge is -2.20. The molecule has 0 spiro atoms. The minimum Gasteiger partial charge on any atom is -0.368 e. The molecule has 0 fully saturated rings. The summed E-state index contributed by atoms with van der Waals surface area (Å²) in [6, 6.07) is 3.83. The van der Waals surface area contributed by atoms with Gasteiger partial charge < -0.3 is 16.0 Å². The molecule has 0 aliphatic carbocycles. The van der Waals surface area contributed by atoms with Crippen LogP contribution in [0.25, 0.3) is 0 Å². The van der Waals surface area contributed by atoms with Crippen LogP contribution in [0.4, 0.5) is 11.4 Å². The summed E-state index contributed by atoms with van der Waals surface area (Å²) >= 11 is 0. The monoisotopic (exact) mass is 266 g/mol. The van der Waals surface area contributed by atoms with E-state index in [1.54, 1.807) is 7.05 Å². The number of primary amides is 1. The van der Waals surface area contributed by atoms with Gasteiger partial charge in [-0.2, -0.15) is 0 Å². The molecular weight excluding hydrogens is 252 g/mol. The lowest BCUT2D eigenvalue weighted by atomic mass is 10.1. The Labute approximate surface area is 109 Å². The fourth-order valence-corrected chi connectivity index (χ4v) is 1.61. The van der Waals surface area contributed by atoms with Crippen molar-refractivity contribution in [3.63, 3.8) is 0 Å². The quantitative estimate of drug-likeness (QED) is 0.568. The molecular formula is C11H14N4O4. The molecule has 1 aromatic carbocycles. The first-order chi connectivity index (χ1) is 8.86. The molecule has 0 aliphatic heterocycles. The third kappa shape index (κ3) is 3.41. The van der Waals surface area contributed by atoms with Crippen LogP contribution in [0.1, 0.15) is 10.4 Å². The predicted octanol–water partition coefficient (Wildman–Crippen LogP) is -0.124. The SMILES string of the molecule is CNC(=O)c1cc([N+](=O)[O-])ccc1N(C)CC(N)=O. The highest BCUT2D eigenvalue weighted by Crippen LogP contribution is 2.24. The van der Waals surface area contributed by atoms with Gasteiger partial charge in [0.15, 0.2) is 0 Å². The van der Waals surface area contributed by atoms with Gasteiger partial charge in [-0.25, -0.2) is 0 Å². The number of anilines is 1. The maximum Gasteiger partial charge on any atom is 0.270 e. The van der Waals surface area contributed by atoms with Crippen LogP contribution in [0, 0.1) is 10.1 Å². The fourth-order valence-electron chi connectivity index (χ4n) is 1.61. The summed E-state index contributed by atoms with van der Waals surface area (Å²) in [7, 11) is 2.98. The number of nitro groups is 1. The van der Waals surface area contributed by atoms with E-state index in [-0.39, 0.29) is 17.8 Å². The molecule has 19 heavy (non-hydrogen) atoms. The molecule has 2 amide bonds. The van der Waals surface area contributed by atoms with Crippen molar-refractivity contribution in [2.24, 2.45) is 5.73 Å². The van der Waals surface area contributed by atoms with Crippen molar-refractivity contribution in [2.45, 2.75) is 0 Å². The molecule has 8 nitrogen and oxygen atoms in total. The average molecular weight is 266 g/mol. The van der Waals surface area contributed by atoms with Gasteiger partial charge in [-0.05, 0) is 6.07 Å². The Kier molecular flexibility index (Phi) is 4.41. The molecule has 102 valence electrons. The van der Waals surface area contributed by atoms with Gasteiger partial charge in [0.05, 0.1) is 22.7 Å². The van der Waals surface area contributed by atoms with Gasteiger partial charge in [0.1, 0.15) is 0 Å². The summed E-state index contributed by atoms with van der Waals surface area (Å²) < 4.78 is 0. The molecule has 0 heterocycles. The molecule has 0 radical (unpaired) electrons. The summed E-state index contributed by atoms with van der Waals surface area (Å²) in [6.07, 6.45) is 0. The summed E-state index contributed by atoms with van der Waals surface area (Å²) in [5.41, 5.74) is 5.38. The van der Waals surface area contributed by atoms with Crippen LogP contribution >= 0.6 is 0 Å². The van der Waals surface area contributed by atoms with Crippen molar-refractivity contribution < 1.29 is 14.5 Å². The summed E-state index contributed by atoms with van der Waals surface area (Å²) in [4.78, 5) is 34.2. The number of benzene rings is 1. The van der Waals surface area contributed by atoms with Crippen molar-refractivity contribution in [1.29, 1.82) is 0 Å². The molecule has 1 aromatic rings. The number of amides is 2. The summed E-state index contributed by atoms with van der Waals surface area (Å²) in [6.45, 7) is -0.0954. The Bertz CT molecular complexity index is 529. The van der Waals surface area contributed by atoms with E-state index in [1.807, 2.05) is 0 Å². The standard InChI is InChI=1S/C11H14N4O4/c1-13-11(17)8-5-7(15(18)19)3-4-9(8)14(2)6-10(12)16/h3-5H,6H2,1-2H3,(H2,12,16)(H,13,17). The minimum atomic E-state index is -0.593. The second kappa shape index (κ2) is 5.80. The lowest BCUT2D eigenvalue weighted by molar-refractivity contribution is -0.384. The highest BCUT2D eigenvalue weighted by molar-refractivity contribution is 6.00. The number of nitrogens with zero attached hydrogens (tertiary/aromatic N) is 2. The third-order valence-corrected chi connectivity index (χ3v) is 2.47. The van der Waals surface area contributed by atoms with E-state index in [0.29, 0.717) is 5.69 Å². The van der Waals surface area contributed by atoms with E-state index in [0.717, 1.165) is 6.07 Å². The Hall–Kier alpha value is -2.64. The van der Waals surface area contributed by atoms with Crippen LogP contribution in [0.2, 0.25) is 0 Å². The normalized spacial score (nSPS) is 9.79. The molecule has 3 N–H and O–H groups in total. The number of nitrogens with one attached hydrogen (secondary N) is 1. The van der Waals surface area contributed by atoms with E-state index in [9.17, 15) is 19.7 Å². The largest absolute Gasteiger partial charge is 0.368 e. The molecule has 0 aromatic heterocycles. The molecule has 0 saturated carbocycles. The van der Waals surface area contributed by atoms with Gasteiger partial charge in [-0.3, -0.25) is 19.7 Å². The van der Waals surface area contributed by atoms with E-state index in [1.165, 1.54) is 24.1 Å². The van der Waals surface area contributed by atoms with Gasteiger partial charge in [-0.15, -0.1) is 0 Å². The van der Waals surface area contributed by atoms with Crippen LogP contribution in [0.5, 0.6) is 0 Å². The average Bonchev–Trinajstić information content (AvgIpc) is 2.36. The van der Waals surface area contributed by atoms with Gasteiger partial charge in [0.25, 0.3) is 11.6 Å². The maximum atomic E-state index is 11.7. The molecule has 8 heteroatoms. The van der Waals surface area contributed by atoms with Crippen LogP contribution in [0.3, 0.4) is 0 Å². The lowest BCUT2D eigenvalue weighted by Crippen LogP contribution is -2.32. The number of rotatable bonds is 5. The van der Waals surface area contributed by atoms with Crippen molar-refractivity contribution in [3.05, 3.63) is 33.9 Å². The zero-order valence-corrected chi connectivity index (χ0v) is 10.5. The summed E-state index contributed by atoms with van der Waals surface area (Å²) in [5, 5.41) is 13.1. The van der Waals surface area contributed by atoms with Crippen molar-refractivity contribution in [1.82, 2.24) is 5.32 Å². The van der Waals surface area contributed by atoms with E-state index in [2.05, 4.69) is 5.32 Å². The molecule has 0 bridgehead atoms. The number of hydrogen-bond donors (Lipinski definition) is 2. The fraction of sp³-hybridized carbons (Fsp3) is 0.273. The van der Waals surface area contributed by atoms with Crippen LogP contribution < -0.4 is 16.0 Å². The van der Waals surface area contributed by atoms with E-state index < -0.39 is 16.7 Å². The van der Waals surface area contributed by atoms with Gasteiger partial charge >= 0.3 is 0 Å². The number of nitrogens with two attached hydrogens (primary N) is 1. The Morgan fingerprint density at radius 3 is 2.58 bits per heavy atom. The minimum absolute atomic E-state index is 0.0954. The second-order valence-corrected chi connectivity index (χ2v) is 3.86. The van der Waals surface area contributed by atoms with Gasteiger partial charge in [-0.1, -0.05) is 0 Å². The second-order valence-electron chi connectivity index (χ2n) is 3.86. The van der Waals surface area contributed by atoms with Crippen molar-refractivity contribution >= 4 is 23.2 Å². The molecule has 0 aliphatic rings. The van der Waals surface area contributed by atoms with Crippen molar-refractivity contribution in [2.75, 3.05) is 25.5 Å². The number of hydrogen-bond acceptors (Lipinski definition) is 5. The first kappa shape index (κ1) is 14.4. The predicted molar refractivity (Wildman–Crippen MR) is 69.0 cm³/mol. The van der Waals surface area contributed by atoms with Crippen molar-refractivity contribution in [3.8, 4) is 0 Å². The first-order valence-corrected chi connectivity index (χ1v) is 5.36. The smallest absolute Gasteiger partial charge is 0.270 e. The topological polar surface area (TPSA) is 119 Å².